The molecule has 1 N–H and O–H groups in total. The molecule has 1 amide bonds. The van der Waals surface area contributed by atoms with Crippen LogP contribution in [0.3, 0.4) is 0 Å². The maximum Gasteiger partial charge on any atom is 0.216 e. The first kappa shape index (κ1) is 52.2. The number of rotatable bonds is 36. The third-order valence-electron chi connectivity index (χ3n) is 6.92. The molecule has 0 saturated carbocycles. The van der Waals surface area contributed by atoms with Crippen molar-refractivity contribution in [1.29, 1.82) is 0 Å². The van der Waals surface area contributed by atoms with Crippen LogP contribution in [0.2, 0.25) is 0 Å². The van der Waals surface area contributed by atoms with E-state index >= 15 is 0 Å². The van der Waals surface area contributed by atoms with E-state index in [0.717, 1.165) is 35.9 Å². The van der Waals surface area contributed by atoms with Crippen molar-refractivity contribution in [1.82, 2.24) is 10.3 Å². The minimum absolute atomic E-state index is 0.0201. The Bertz CT molecular complexity index is 1320. The molecule has 0 aromatic carbocycles. The predicted octanol–water partition coefficient (Wildman–Crippen LogP) is 7.95. The Morgan fingerprint density at radius 3 is 1.87 bits per heavy atom. The molecule has 1 heterocycles. The molecule has 20 heteroatoms. The van der Waals surface area contributed by atoms with Gasteiger partial charge in [0.05, 0.1) is 46.2 Å². The highest BCUT2D eigenvalue weighted by atomic mass is 33.1. The largest absolute Gasteiger partial charge is 0.379 e. The first-order valence-corrected chi connectivity index (χ1v) is 23.2. The van der Waals surface area contributed by atoms with Crippen LogP contribution in [0.15, 0.2) is 28.6 Å². The summed E-state index contributed by atoms with van der Waals surface area (Å²) < 4.78 is 15.9. The molecule has 0 aliphatic rings. The number of carbonyl (C=O) groups excluding carboxylic acids is 5. The standard InChI is InChI=1S/C18H25N5O3S2.C17H31N3O5S2/c1-14(24)20-9-11-28-27-10-3-5-17(25)4-2-6-18(26)15-7-8-16(21-12-15)13-22-23-19;1-2-16(21)6-15-27-26-14-3-4-17(22)5-8-23-10-12-25-13-11-24-9-7-19-20-18/h7-8,12H,2-6,9-11,13H2,1H3,(H,20,24);2-15H2,1H3. The molecule has 0 saturated heterocycles. The highest BCUT2D eigenvalue weighted by molar-refractivity contribution is 8.77. The number of pyridine rings is 1. The molecule has 1 aromatic rings. The zero-order valence-electron chi connectivity index (χ0n) is 32.0. The summed E-state index contributed by atoms with van der Waals surface area (Å²) in [5.41, 5.74) is 17.5. The van der Waals surface area contributed by atoms with Crippen molar-refractivity contribution >= 4 is 72.2 Å². The lowest BCUT2D eigenvalue weighted by molar-refractivity contribution is -0.120. The average molecular weight is 845 g/mol. The number of aromatic nitrogens is 1. The Morgan fingerprint density at radius 1 is 0.691 bits per heavy atom. The van der Waals surface area contributed by atoms with E-state index in [2.05, 4.69) is 30.4 Å². The van der Waals surface area contributed by atoms with Crippen LogP contribution in [0.4, 0.5) is 0 Å². The molecule has 1 rings (SSSR count). The second-order valence-corrected chi connectivity index (χ2v) is 16.8. The summed E-state index contributed by atoms with van der Waals surface area (Å²) in [6, 6.07) is 3.33. The smallest absolute Gasteiger partial charge is 0.216 e. The number of ketones is 4. The maximum absolute atomic E-state index is 12.1. The molecule has 0 aliphatic heterocycles. The first-order chi connectivity index (χ1) is 26.7. The van der Waals surface area contributed by atoms with Crippen LogP contribution >= 0.6 is 43.2 Å². The molecule has 0 aliphatic carbocycles. The summed E-state index contributed by atoms with van der Waals surface area (Å²) in [5.74, 6) is 4.16. The summed E-state index contributed by atoms with van der Waals surface area (Å²) in [5, 5.41) is 9.50. The van der Waals surface area contributed by atoms with Gasteiger partial charge in [-0.15, -0.1) is 0 Å². The van der Waals surface area contributed by atoms with Crippen LogP contribution in [-0.2, 0) is 39.9 Å². The van der Waals surface area contributed by atoms with Crippen LogP contribution in [0, 0.1) is 0 Å². The number of hydrogen-bond donors (Lipinski definition) is 1. The normalized spacial score (nSPS) is 10.4. The van der Waals surface area contributed by atoms with Crippen LogP contribution in [0.25, 0.3) is 20.9 Å². The summed E-state index contributed by atoms with van der Waals surface area (Å²) >= 11 is 0. The molecule has 308 valence electrons. The van der Waals surface area contributed by atoms with Crippen molar-refractivity contribution in [3.05, 3.63) is 50.5 Å². The Labute approximate surface area is 340 Å². The molecule has 16 nitrogen and oxygen atoms in total. The fourth-order valence-corrected chi connectivity index (χ4v) is 8.11. The Morgan fingerprint density at radius 2 is 1.27 bits per heavy atom. The quantitative estimate of drug-likeness (QED) is 0.0169. The molecule has 0 spiro atoms. The summed E-state index contributed by atoms with van der Waals surface area (Å²) in [7, 11) is 6.82. The Hall–Kier alpha value is -2.80. The molecule has 55 heavy (non-hydrogen) atoms. The minimum atomic E-state index is -0.0400. The zero-order chi connectivity index (χ0) is 40.6. The second kappa shape index (κ2) is 39.4. The summed E-state index contributed by atoms with van der Waals surface area (Å²) in [6.07, 6.45) is 7.22. The minimum Gasteiger partial charge on any atom is -0.379 e. The van der Waals surface area contributed by atoms with E-state index in [-0.39, 0.29) is 29.8 Å². The molecular weight excluding hydrogens is 789 g/mol. The SMILES string of the molecule is CC(=O)NCCSSCCCC(=O)CCCC(=O)c1ccc(CN=[N+]=[N-])nc1.CCC(=O)CCSSCCCC(=O)CCOCCOCCOCCN=[N+]=[N-]. The highest BCUT2D eigenvalue weighted by Crippen LogP contribution is 2.24. The maximum atomic E-state index is 12.1. The van der Waals surface area contributed by atoms with Gasteiger partial charge in [0.15, 0.2) is 5.78 Å². The van der Waals surface area contributed by atoms with E-state index in [0.29, 0.717) is 121 Å². The van der Waals surface area contributed by atoms with Crippen LogP contribution in [-0.4, -0.2) is 110 Å². The summed E-state index contributed by atoms with van der Waals surface area (Å²) in [6.45, 7) is 7.16. The van der Waals surface area contributed by atoms with Crippen molar-refractivity contribution in [2.24, 2.45) is 10.2 Å². The first-order valence-electron chi connectivity index (χ1n) is 18.2. The lowest BCUT2D eigenvalue weighted by Crippen LogP contribution is -2.22. The average Bonchev–Trinajstić information content (AvgIpc) is 3.18. The second-order valence-electron chi connectivity index (χ2n) is 11.4. The summed E-state index contributed by atoms with van der Waals surface area (Å²) in [4.78, 5) is 67.0. The number of azide groups is 2. The van der Waals surface area contributed by atoms with Gasteiger partial charge in [0, 0.05) is 115 Å². The number of nitrogens with one attached hydrogen (secondary N) is 1. The molecule has 0 fully saturated rings. The van der Waals surface area contributed by atoms with Gasteiger partial charge >= 0.3 is 0 Å². The van der Waals surface area contributed by atoms with Crippen molar-refractivity contribution in [2.45, 2.75) is 84.6 Å². The van der Waals surface area contributed by atoms with Crippen LogP contribution in [0.1, 0.15) is 94.1 Å². The predicted molar refractivity (Wildman–Crippen MR) is 223 cm³/mol. The monoisotopic (exact) mass is 844 g/mol. The van der Waals surface area contributed by atoms with Crippen molar-refractivity contribution in [3.63, 3.8) is 0 Å². The fourth-order valence-electron chi connectivity index (χ4n) is 4.00. The topological polar surface area (TPSA) is 235 Å². The van der Waals surface area contributed by atoms with E-state index in [4.69, 9.17) is 25.3 Å². The van der Waals surface area contributed by atoms with Gasteiger partial charge in [0.25, 0.3) is 0 Å². The Kier molecular flexibility index (Phi) is 37.4. The number of hydrogen-bond acceptors (Lipinski definition) is 15. The van der Waals surface area contributed by atoms with Gasteiger partial charge in [0.2, 0.25) is 5.91 Å². The van der Waals surface area contributed by atoms with E-state index < -0.39 is 0 Å². The lowest BCUT2D eigenvalue weighted by atomic mass is 10.0. The highest BCUT2D eigenvalue weighted by Gasteiger charge is 2.09. The van der Waals surface area contributed by atoms with Crippen molar-refractivity contribution in [2.75, 3.05) is 75.7 Å². The van der Waals surface area contributed by atoms with Gasteiger partial charge in [-0.2, -0.15) is 0 Å². The van der Waals surface area contributed by atoms with Gasteiger partial charge in [-0.25, -0.2) is 0 Å². The lowest BCUT2D eigenvalue weighted by Gasteiger charge is -2.06. The van der Waals surface area contributed by atoms with Gasteiger partial charge in [-0.05, 0) is 42.5 Å². The van der Waals surface area contributed by atoms with Gasteiger partial charge in [-0.3, -0.25) is 29.0 Å². The fraction of sp³-hybridized carbons (Fsp3) is 0.714. The van der Waals surface area contributed by atoms with E-state index in [9.17, 15) is 24.0 Å². The van der Waals surface area contributed by atoms with E-state index in [1.165, 1.54) is 13.1 Å². The van der Waals surface area contributed by atoms with Crippen molar-refractivity contribution in [3.8, 4) is 0 Å². The van der Waals surface area contributed by atoms with Crippen molar-refractivity contribution < 1.29 is 38.2 Å². The third-order valence-corrected chi connectivity index (χ3v) is 11.9. The number of Topliss-reactive ketones (excluding diaryl/α,β-unsaturated/α-hetero) is 4. The van der Waals surface area contributed by atoms with E-state index in [1.54, 1.807) is 55.3 Å². The number of carbonyl (C=O) groups is 5. The number of amides is 1. The molecule has 1 aromatic heterocycles. The third kappa shape index (κ3) is 36.6. The van der Waals surface area contributed by atoms with Gasteiger partial charge in [-0.1, -0.05) is 60.3 Å². The van der Waals surface area contributed by atoms with Crippen LogP contribution in [0.5, 0.6) is 0 Å². The van der Waals surface area contributed by atoms with Gasteiger partial charge in [0.1, 0.15) is 17.3 Å². The Balaban J connectivity index is 0.00000106. The zero-order valence-corrected chi connectivity index (χ0v) is 35.3. The van der Waals surface area contributed by atoms with Gasteiger partial charge < -0.3 is 19.5 Å². The van der Waals surface area contributed by atoms with Crippen LogP contribution < -0.4 is 5.32 Å². The molecular formula is C35H56N8O8S4. The number of ether oxygens (including phenoxy) is 3. The molecule has 0 atom stereocenters. The van der Waals surface area contributed by atoms with E-state index in [1.807, 2.05) is 6.92 Å². The molecule has 0 radical (unpaired) electrons. The molecule has 0 unspecified atom stereocenters. The molecule has 0 bridgehead atoms. The number of nitrogens with zero attached hydrogens (tertiary/aromatic N) is 7.